The van der Waals surface area contributed by atoms with Gasteiger partial charge in [0, 0.05) is 3.57 Å². The van der Waals surface area contributed by atoms with Crippen LogP contribution >= 0.6 is 34.2 Å². The normalized spacial score (nSPS) is 12.2. The van der Waals surface area contributed by atoms with Crippen molar-refractivity contribution >= 4 is 34.2 Å². The maximum absolute atomic E-state index is 10.4. The van der Waals surface area contributed by atoms with E-state index in [2.05, 4.69) is 22.6 Å². The first-order valence-corrected chi connectivity index (χ1v) is 6.85. The SMILES string of the molecule is COc1cc(C(O)c2ccccc2I)ccc1Cl. The van der Waals surface area contributed by atoms with E-state index in [1.54, 1.807) is 25.3 Å². The molecule has 1 unspecified atom stereocenters. The van der Waals surface area contributed by atoms with Gasteiger partial charge >= 0.3 is 0 Å². The van der Waals surface area contributed by atoms with E-state index < -0.39 is 6.10 Å². The maximum Gasteiger partial charge on any atom is 0.137 e. The number of aliphatic hydroxyl groups excluding tert-OH is 1. The lowest BCUT2D eigenvalue weighted by Crippen LogP contribution is -2.02. The summed E-state index contributed by atoms with van der Waals surface area (Å²) in [6.45, 7) is 0. The lowest BCUT2D eigenvalue weighted by Gasteiger charge is -2.14. The van der Waals surface area contributed by atoms with Gasteiger partial charge in [-0.05, 0) is 51.9 Å². The molecule has 0 aliphatic heterocycles. The monoisotopic (exact) mass is 374 g/mol. The third kappa shape index (κ3) is 2.79. The molecule has 0 heterocycles. The third-order valence-corrected chi connectivity index (χ3v) is 3.99. The number of rotatable bonds is 3. The number of aliphatic hydroxyl groups is 1. The molecule has 0 fully saturated rings. The Morgan fingerprint density at radius 1 is 1.22 bits per heavy atom. The van der Waals surface area contributed by atoms with Gasteiger partial charge in [0.25, 0.3) is 0 Å². The molecule has 0 aromatic heterocycles. The number of benzene rings is 2. The van der Waals surface area contributed by atoms with Crippen molar-refractivity contribution < 1.29 is 9.84 Å². The van der Waals surface area contributed by atoms with Gasteiger partial charge in [0.1, 0.15) is 11.9 Å². The lowest BCUT2D eigenvalue weighted by molar-refractivity contribution is 0.219. The van der Waals surface area contributed by atoms with Crippen molar-refractivity contribution in [3.63, 3.8) is 0 Å². The van der Waals surface area contributed by atoms with Crippen molar-refractivity contribution in [1.29, 1.82) is 0 Å². The van der Waals surface area contributed by atoms with E-state index in [0.717, 1.165) is 14.7 Å². The average molecular weight is 375 g/mol. The Hall–Kier alpha value is -0.780. The zero-order valence-electron chi connectivity index (χ0n) is 9.73. The summed E-state index contributed by atoms with van der Waals surface area (Å²) in [5.41, 5.74) is 1.64. The fraction of sp³-hybridized carbons (Fsp3) is 0.143. The average Bonchev–Trinajstić information content (AvgIpc) is 2.39. The summed E-state index contributed by atoms with van der Waals surface area (Å²) in [5.74, 6) is 0.569. The van der Waals surface area contributed by atoms with E-state index in [1.165, 1.54) is 0 Å². The van der Waals surface area contributed by atoms with Crippen LogP contribution in [0.25, 0.3) is 0 Å². The number of methoxy groups -OCH3 is 1. The van der Waals surface area contributed by atoms with Crippen molar-refractivity contribution in [3.8, 4) is 5.75 Å². The molecule has 0 amide bonds. The largest absolute Gasteiger partial charge is 0.495 e. The highest BCUT2D eigenvalue weighted by Crippen LogP contribution is 2.31. The van der Waals surface area contributed by atoms with Crippen molar-refractivity contribution in [1.82, 2.24) is 0 Å². The number of halogens is 2. The van der Waals surface area contributed by atoms with Crippen LogP contribution in [0.3, 0.4) is 0 Å². The first-order valence-electron chi connectivity index (χ1n) is 5.39. The molecule has 0 saturated carbocycles. The second kappa shape index (κ2) is 5.91. The molecular weight excluding hydrogens is 363 g/mol. The van der Waals surface area contributed by atoms with Crippen LogP contribution < -0.4 is 4.74 Å². The lowest BCUT2D eigenvalue weighted by atomic mass is 10.0. The third-order valence-electron chi connectivity index (χ3n) is 2.69. The molecule has 0 bridgehead atoms. The molecule has 94 valence electrons. The van der Waals surface area contributed by atoms with E-state index in [0.29, 0.717) is 10.8 Å². The van der Waals surface area contributed by atoms with E-state index in [1.807, 2.05) is 24.3 Å². The van der Waals surface area contributed by atoms with Crippen molar-refractivity contribution in [2.45, 2.75) is 6.10 Å². The predicted molar refractivity (Wildman–Crippen MR) is 81.2 cm³/mol. The van der Waals surface area contributed by atoms with Crippen molar-refractivity contribution in [2.75, 3.05) is 7.11 Å². The molecule has 2 rings (SSSR count). The maximum atomic E-state index is 10.4. The van der Waals surface area contributed by atoms with Gasteiger partial charge in [0.15, 0.2) is 0 Å². The minimum absolute atomic E-state index is 0.538. The fourth-order valence-electron chi connectivity index (χ4n) is 1.72. The summed E-state index contributed by atoms with van der Waals surface area (Å²) in [6, 6.07) is 13.0. The number of hydrogen-bond acceptors (Lipinski definition) is 2. The predicted octanol–water partition coefficient (Wildman–Crippen LogP) is 4.03. The molecule has 2 aromatic rings. The van der Waals surface area contributed by atoms with Gasteiger partial charge in [-0.25, -0.2) is 0 Å². The summed E-state index contributed by atoms with van der Waals surface area (Å²) in [6.07, 6.45) is -0.677. The van der Waals surface area contributed by atoms with Crippen LogP contribution in [-0.2, 0) is 0 Å². The molecule has 2 aromatic carbocycles. The summed E-state index contributed by atoms with van der Waals surface area (Å²) in [4.78, 5) is 0. The number of ether oxygens (including phenoxy) is 1. The van der Waals surface area contributed by atoms with Crippen LogP contribution in [0.2, 0.25) is 5.02 Å². The Morgan fingerprint density at radius 2 is 1.94 bits per heavy atom. The Bertz CT molecular complexity index is 557. The molecule has 2 nitrogen and oxygen atoms in total. The van der Waals surface area contributed by atoms with Crippen molar-refractivity contribution in [3.05, 3.63) is 62.2 Å². The van der Waals surface area contributed by atoms with Gasteiger partial charge in [-0.2, -0.15) is 0 Å². The molecule has 0 radical (unpaired) electrons. The smallest absolute Gasteiger partial charge is 0.137 e. The topological polar surface area (TPSA) is 29.5 Å². The standard InChI is InChI=1S/C14H12ClIO2/c1-18-13-8-9(6-7-11(13)15)14(17)10-4-2-3-5-12(10)16/h2-8,14,17H,1H3. The zero-order chi connectivity index (χ0) is 13.1. The Morgan fingerprint density at radius 3 is 2.61 bits per heavy atom. The van der Waals surface area contributed by atoms with Gasteiger partial charge in [-0.3, -0.25) is 0 Å². The first kappa shape index (κ1) is 13.6. The Labute approximate surface area is 125 Å². The van der Waals surface area contributed by atoms with Gasteiger partial charge in [0.2, 0.25) is 0 Å². The molecule has 0 aliphatic rings. The van der Waals surface area contributed by atoms with E-state index in [9.17, 15) is 5.11 Å². The zero-order valence-corrected chi connectivity index (χ0v) is 12.6. The van der Waals surface area contributed by atoms with E-state index in [4.69, 9.17) is 16.3 Å². The van der Waals surface area contributed by atoms with E-state index >= 15 is 0 Å². The molecule has 4 heteroatoms. The van der Waals surface area contributed by atoms with Crippen LogP contribution in [0.4, 0.5) is 0 Å². The van der Waals surface area contributed by atoms with Crippen LogP contribution in [0, 0.1) is 3.57 Å². The second-order valence-corrected chi connectivity index (χ2v) is 5.39. The molecule has 0 spiro atoms. The Kier molecular flexibility index (Phi) is 4.48. The minimum atomic E-state index is -0.677. The fourth-order valence-corrected chi connectivity index (χ4v) is 2.60. The first-order chi connectivity index (χ1) is 8.63. The van der Waals surface area contributed by atoms with Gasteiger partial charge < -0.3 is 9.84 Å². The molecule has 1 N–H and O–H groups in total. The summed E-state index contributed by atoms with van der Waals surface area (Å²) >= 11 is 8.18. The van der Waals surface area contributed by atoms with E-state index in [-0.39, 0.29) is 0 Å². The van der Waals surface area contributed by atoms with Crippen LogP contribution in [0.5, 0.6) is 5.75 Å². The molecule has 18 heavy (non-hydrogen) atoms. The molecular formula is C14H12ClIO2. The quantitative estimate of drug-likeness (QED) is 0.822. The summed E-state index contributed by atoms with van der Waals surface area (Å²) in [7, 11) is 1.56. The molecule has 0 aliphatic carbocycles. The Balaban J connectivity index is 2.40. The number of hydrogen-bond donors (Lipinski definition) is 1. The highest BCUT2D eigenvalue weighted by Gasteiger charge is 2.14. The van der Waals surface area contributed by atoms with Gasteiger partial charge in [-0.1, -0.05) is 35.9 Å². The minimum Gasteiger partial charge on any atom is -0.495 e. The van der Waals surface area contributed by atoms with Crippen LogP contribution in [0.15, 0.2) is 42.5 Å². The highest BCUT2D eigenvalue weighted by molar-refractivity contribution is 14.1. The van der Waals surface area contributed by atoms with Gasteiger partial charge in [0.05, 0.1) is 12.1 Å². The molecule has 1 atom stereocenters. The van der Waals surface area contributed by atoms with Crippen molar-refractivity contribution in [2.24, 2.45) is 0 Å². The highest BCUT2D eigenvalue weighted by atomic mass is 127. The summed E-state index contributed by atoms with van der Waals surface area (Å²) < 4.78 is 6.18. The summed E-state index contributed by atoms with van der Waals surface area (Å²) in [5, 5.41) is 10.9. The van der Waals surface area contributed by atoms with Gasteiger partial charge in [-0.15, -0.1) is 0 Å². The molecule has 0 saturated heterocycles. The second-order valence-electron chi connectivity index (χ2n) is 3.82. The van der Waals surface area contributed by atoms with Crippen LogP contribution in [0.1, 0.15) is 17.2 Å². The van der Waals surface area contributed by atoms with Crippen LogP contribution in [-0.4, -0.2) is 12.2 Å².